The second kappa shape index (κ2) is 10.8. The normalized spacial score (nSPS) is 26.4. The number of hydrogen-bond donors (Lipinski definition) is 2. The number of benzene rings is 2. The van der Waals surface area contributed by atoms with Crippen LogP contribution < -0.4 is 20.1 Å². The van der Waals surface area contributed by atoms with Crippen LogP contribution in [0.4, 0.5) is 19.3 Å². The first-order valence-electron chi connectivity index (χ1n) is 13.0. The van der Waals surface area contributed by atoms with Gasteiger partial charge in [0.1, 0.15) is 0 Å². The molecule has 2 saturated heterocycles. The van der Waals surface area contributed by atoms with Gasteiger partial charge in [0.15, 0.2) is 23.1 Å². The predicted molar refractivity (Wildman–Crippen MR) is 136 cm³/mol. The molecule has 2 N–H and O–H groups in total. The Kier molecular flexibility index (Phi) is 7.53. The minimum atomic E-state index is -0.992. The first-order valence-corrected chi connectivity index (χ1v) is 13.0. The van der Waals surface area contributed by atoms with Gasteiger partial charge in [0.05, 0.1) is 14.2 Å². The van der Waals surface area contributed by atoms with Gasteiger partial charge in [0.25, 0.3) is 0 Å². The molecule has 1 aliphatic carbocycles. The Hall–Kier alpha value is -2.91. The molecular weight excluding hydrogens is 480 g/mol. The molecular formula is C28H35F2N3O4. The Morgan fingerprint density at radius 1 is 1.00 bits per heavy atom. The number of fused-ring (bicyclic) bond motifs is 1. The smallest absolute Gasteiger partial charge is 0.319 e. The van der Waals surface area contributed by atoms with Crippen molar-refractivity contribution in [2.45, 2.75) is 62.1 Å². The third-order valence-corrected chi connectivity index (χ3v) is 8.43. The SMILES string of the molecule is COc1ccc(C23CCC(NC(=O)Nc4ccc(F)c(F)c4)CC2N(C2CCOCC2)CC3)cc1OC. The number of carbonyl (C=O) groups is 1. The molecule has 3 unspecified atom stereocenters. The molecule has 3 fully saturated rings. The summed E-state index contributed by atoms with van der Waals surface area (Å²) in [4.78, 5) is 15.4. The van der Waals surface area contributed by atoms with Gasteiger partial charge >= 0.3 is 6.03 Å². The maximum absolute atomic E-state index is 13.6. The fourth-order valence-corrected chi connectivity index (χ4v) is 6.58. The van der Waals surface area contributed by atoms with E-state index in [1.54, 1.807) is 14.2 Å². The number of methoxy groups -OCH3 is 2. The molecule has 7 nitrogen and oxygen atoms in total. The van der Waals surface area contributed by atoms with Crippen LogP contribution >= 0.6 is 0 Å². The van der Waals surface area contributed by atoms with Gasteiger partial charge in [-0.2, -0.15) is 0 Å². The van der Waals surface area contributed by atoms with Gasteiger partial charge in [-0.3, -0.25) is 4.90 Å². The number of nitrogens with one attached hydrogen (secondary N) is 2. The van der Waals surface area contributed by atoms with E-state index in [1.807, 2.05) is 6.07 Å². The molecule has 0 radical (unpaired) electrons. The highest BCUT2D eigenvalue weighted by Gasteiger charge is 2.53. The number of nitrogens with zero attached hydrogens (tertiary/aromatic N) is 1. The topological polar surface area (TPSA) is 72.1 Å². The lowest BCUT2D eigenvalue weighted by molar-refractivity contribution is 0.0143. The molecule has 3 aliphatic rings. The van der Waals surface area contributed by atoms with Crippen LogP contribution in [-0.4, -0.2) is 63.0 Å². The summed E-state index contributed by atoms with van der Waals surface area (Å²) in [5.74, 6) is -0.501. The lowest BCUT2D eigenvalue weighted by atomic mass is 9.65. The molecule has 0 aromatic heterocycles. The Bertz CT molecular complexity index is 1130. The summed E-state index contributed by atoms with van der Waals surface area (Å²) in [5.41, 5.74) is 1.41. The molecule has 3 atom stereocenters. The quantitative estimate of drug-likeness (QED) is 0.576. The number of ether oxygens (including phenoxy) is 3. The largest absolute Gasteiger partial charge is 0.493 e. The third kappa shape index (κ3) is 5.11. The number of carbonyl (C=O) groups excluding carboxylic acids is 1. The fourth-order valence-electron chi connectivity index (χ4n) is 6.58. The number of rotatable bonds is 6. The molecule has 2 aliphatic heterocycles. The summed E-state index contributed by atoms with van der Waals surface area (Å²) < 4.78 is 43.6. The zero-order valence-electron chi connectivity index (χ0n) is 21.4. The number of amides is 2. The van der Waals surface area contributed by atoms with Crippen molar-refractivity contribution in [3.8, 4) is 11.5 Å². The molecule has 1 saturated carbocycles. The van der Waals surface area contributed by atoms with Crippen molar-refractivity contribution in [3.05, 3.63) is 53.6 Å². The van der Waals surface area contributed by atoms with Gasteiger partial charge in [-0.15, -0.1) is 0 Å². The van der Waals surface area contributed by atoms with E-state index in [9.17, 15) is 13.6 Å². The van der Waals surface area contributed by atoms with Crippen LogP contribution in [0.15, 0.2) is 36.4 Å². The van der Waals surface area contributed by atoms with Crippen LogP contribution in [0.1, 0.15) is 44.1 Å². The van der Waals surface area contributed by atoms with Crippen LogP contribution in [0.2, 0.25) is 0 Å². The van der Waals surface area contributed by atoms with Crippen LogP contribution in [0, 0.1) is 11.6 Å². The van der Waals surface area contributed by atoms with Gasteiger partial charge in [-0.1, -0.05) is 6.07 Å². The van der Waals surface area contributed by atoms with Crippen LogP contribution in [-0.2, 0) is 10.2 Å². The summed E-state index contributed by atoms with van der Waals surface area (Å²) in [6.45, 7) is 2.54. The zero-order chi connectivity index (χ0) is 26.0. The van der Waals surface area contributed by atoms with Gasteiger partial charge < -0.3 is 24.8 Å². The Morgan fingerprint density at radius 2 is 1.78 bits per heavy atom. The summed E-state index contributed by atoms with van der Waals surface area (Å²) in [7, 11) is 3.30. The first kappa shape index (κ1) is 25.7. The highest BCUT2D eigenvalue weighted by atomic mass is 19.2. The minimum Gasteiger partial charge on any atom is -0.493 e. The predicted octanol–water partition coefficient (Wildman–Crippen LogP) is 4.85. The second-order valence-corrected chi connectivity index (χ2v) is 10.3. The van der Waals surface area contributed by atoms with Crippen molar-refractivity contribution in [1.82, 2.24) is 10.2 Å². The van der Waals surface area contributed by atoms with Crippen molar-refractivity contribution in [3.63, 3.8) is 0 Å². The van der Waals surface area contributed by atoms with E-state index in [0.29, 0.717) is 11.8 Å². The van der Waals surface area contributed by atoms with Crippen LogP contribution in [0.3, 0.4) is 0 Å². The number of hydrogen-bond acceptors (Lipinski definition) is 5. The molecule has 5 rings (SSSR count). The fraction of sp³-hybridized carbons (Fsp3) is 0.536. The molecule has 2 aromatic rings. The first-order chi connectivity index (χ1) is 17.9. The summed E-state index contributed by atoms with van der Waals surface area (Å²) in [6, 6.07) is 9.85. The molecule has 0 spiro atoms. The molecule has 9 heteroatoms. The summed E-state index contributed by atoms with van der Waals surface area (Å²) in [5, 5.41) is 5.73. The summed E-state index contributed by atoms with van der Waals surface area (Å²) in [6.07, 6.45) is 5.59. The van der Waals surface area contributed by atoms with Crippen molar-refractivity contribution in [1.29, 1.82) is 0 Å². The average molecular weight is 516 g/mol. The van der Waals surface area contributed by atoms with Crippen LogP contribution in [0.25, 0.3) is 0 Å². The van der Waals surface area contributed by atoms with Gasteiger partial charge in [-0.05, 0) is 74.9 Å². The molecule has 2 amide bonds. The number of urea groups is 1. The molecule has 0 bridgehead atoms. The van der Waals surface area contributed by atoms with E-state index >= 15 is 0 Å². The van der Waals surface area contributed by atoms with Crippen molar-refractivity contribution in [2.75, 3.05) is 39.3 Å². The van der Waals surface area contributed by atoms with Crippen molar-refractivity contribution < 1.29 is 27.8 Å². The van der Waals surface area contributed by atoms with Gasteiger partial charge in [0.2, 0.25) is 0 Å². The molecule has 200 valence electrons. The Balaban J connectivity index is 1.37. The van der Waals surface area contributed by atoms with E-state index in [-0.39, 0.29) is 23.2 Å². The van der Waals surface area contributed by atoms with E-state index in [2.05, 4.69) is 27.7 Å². The van der Waals surface area contributed by atoms with Crippen LogP contribution in [0.5, 0.6) is 11.5 Å². The van der Waals surface area contributed by atoms with E-state index in [4.69, 9.17) is 14.2 Å². The lowest BCUT2D eigenvalue weighted by Crippen LogP contribution is -2.55. The number of halogens is 2. The monoisotopic (exact) mass is 515 g/mol. The maximum atomic E-state index is 13.6. The third-order valence-electron chi connectivity index (χ3n) is 8.43. The Labute approximate surface area is 216 Å². The molecule has 2 heterocycles. The van der Waals surface area contributed by atoms with Gasteiger partial charge in [-0.25, -0.2) is 13.6 Å². The molecule has 2 aromatic carbocycles. The number of likely N-dealkylation sites (tertiary alicyclic amines) is 1. The lowest BCUT2D eigenvalue weighted by Gasteiger charge is -2.47. The minimum absolute atomic E-state index is 0.0380. The molecule has 37 heavy (non-hydrogen) atoms. The van der Waals surface area contributed by atoms with E-state index in [0.717, 1.165) is 76.2 Å². The standard InChI is InChI=1S/C28H35F2N3O4/c1-35-24-6-3-18(15-25(24)36-2)28-10-7-20(32-27(34)31-19-4-5-22(29)23(30)16-19)17-26(28)33(12-11-28)21-8-13-37-14-9-21/h3-6,15-16,20-21,26H,7-14,17H2,1-2H3,(H2,31,32,34). The summed E-state index contributed by atoms with van der Waals surface area (Å²) >= 11 is 0. The van der Waals surface area contributed by atoms with E-state index < -0.39 is 17.7 Å². The highest BCUT2D eigenvalue weighted by Crippen LogP contribution is 2.51. The zero-order valence-corrected chi connectivity index (χ0v) is 21.4. The average Bonchev–Trinajstić information content (AvgIpc) is 3.30. The van der Waals surface area contributed by atoms with Crippen molar-refractivity contribution in [2.24, 2.45) is 0 Å². The van der Waals surface area contributed by atoms with E-state index in [1.165, 1.54) is 11.6 Å². The van der Waals surface area contributed by atoms with Gasteiger partial charge in [0, 0.05) is 48.5 Å². The Morgan fingerprint density at radius 3 is 2.51 bits per heavy atom. The van der Waals surface area contributed by atoms with Crippen molar-refractivity contribution >= 4 is 11.7 Å². The number of anilines is 1. The highest BCUT2D eigenvalue weighted by molar-refractivity contribution is 5.89. The second-order valence-electron chi connectivity index (χ2n) is 10.3. The maximum Gasteiger partial charge on any atom is 0.319 e.